The summed E-state index contributed by atoms with van der Waals surface area (Å²) in [7, 11) is 0. The zero-order chi connectivity index (χ0) is 13.1. The summed E-state index contributed by atoms with van der Waals surface area (Å²) < 4.78 is 4.93. The quantitative estimate of drug-likeness (QED) is 0.359. The van der Waals surface area contributed by atoms with Crippen molar-refractivity contribution in [2.24, 2.45) is 5.41 Å². The Bertz CT molecular complexity index is 438. The molecule has 4 heteroatoms. The fourth-order valence-electron chi connectivity index (χ4n) is 1.32. The average molecular weight is 255 g/mol. The van der Waals surface area contributed by atoms with Gasteiger partial charge in [0.2, 0.25) is 0 Å². The lowest BCUT2D eigenvalue weighted by Gasteiger charge is -2.19. The molecule has 0 spiro atoms. The highest BCUT2D eigenvalue weighted by atomic mass is 35.5. The Morgan fingerprint density at radius 1 is 1.35 bits per heavy atom. The largest absolute Gasteiger partial charge is 0.427 e. The van der Waals surface area contributed by atoms with E-state index in [1.165, 1.54) is 6.92 Å². The molecule has 0 saturated heterocycles. The van der Waals surface area contributed by atoms with E-state index in [-0.39, 0.29) is 11.7 Å². The molecule has 0 aromatic heterocycles. The number of rotatable bonds is 4. The van der Waals surface area contributed by atoms with E-state index in [0.29, 0.717) is 11.3 Å². The Balaban J connectivity index is 2.99. The van der Waals surface area contributed by atoms with Gasteiger partial charge in [0.05, 0.1) is 0 Å². The number of ketones is 1. The summed E-state index contributed by atoms with van der Waals surface area (Å²) in [6.45, 7) is 4.87. The van der Waals surface area contributed by atoms with E-state index in [0.717, 1.165) is 0 Å². The number of hydrogen-bond donors (Lipinski definition) is 0. The predicted octanol–water partition coefficient (Wildman–Crippen LogP) is 3.06. The van der Waals surface area contributed by atoms with Gasteiger partial charge < -0.3 is 4.74 Å². The van der Waals surface area contributed by atoms with Gasteiger partial charge in [-0.15, -0.1) is 11.6 Å². The van der Waals surface area contributed by atoms with Crippen LogP contribution in [-0.2, 0) is 4.79 Å². The van der Waals surface area contributed by atoms with Crippen molar-refractivity contribution < 1.29 is 14.3 Å². The molecule has 3 nitrogen and oxygen atoms in total. The van der Waals surface area contributed by atoms with Gasteiger partial charge in [-0.3, -0.25) is 9.59 Å². The number of esters is 1. The number of benzene rings is 1. The van der Waals surface area contributed by atoms with Gasteiger partial charge in [-0.2, -0.15) is 0 Å². The first-order valence-electron chi connectivity index (χ1n) is 5.26. The van der Waals surface area contributed by atoms with Gasteiger partial charge in [0.15, 0.2) is 5.78 Å². The molecule has 0 fully saturated rings. The summed E-state index contributed by atoms with van der Waals surface area (Å²) in [6.07, 6.45) is 0. The van der Waals surface area contributed by atoms with Crippen molar-refractivity contribution in [1.29, 1.82) is 0 Å². The highest BCUT2D eigenvalue weighted by Gasteiger charge is 2.27. The molecule has 0 bridgehead atoms. The molecule has 0 N–H and O–H groups in total. The van der Waals surface area contributed by atoms with Crippen molar-refractivity contribution in [2.75, 3.05) is 5.88 Å². The SMILES string of the molecule is CC(=O)Oc1cccc(C(=O)C(C)(C)CCl)c1. The van der Waals surface area contributed by atoms with Crippen LogP contribution in [0.1, 0.15) is 31.1 Å². The van der Waals surface area contributed by atoms with Crippen molar-refractivity contribution in [3.63, 3.8) is 0 Å². The standard InChI is InChI=1S/C13H15ClO3/c1-9(15)17-11-6-4-5-10(7-11)12(16)13(2,3)8-14/h4-7H,8H2,1-3H3. The van der Waals surface area contributed by atoms with Gasteiger partial charge in [-0.05, 0) is 12.1 Å². The first kappa shape index (κ1) is 13.7. The molecular formula is C13H15ClO3. The number of hydrogen-bond acceptors (Lipinski definition) is 3. The summed E-state index contributed by atoms with van der Waals surface area (Å²) in [5, 5.41) is 0. The second kappa shape index (κ2) is 5.32. The average Bonchev–Trinajstić information content (AvgIpc) is 2.27. The van der Waals surface area contributed by atoms with E-state index in [9.17, 15) is 9.59 Å². The van der Waals surface area contributed by atoms with Crippen molar-refractivity contribution >= 4 is 23.4 Å². The Labute approximate surface area is 106 Å². The van der Waals surface area contributed by atoms with Crippen LogP contribution in [0.15, 0.2) is 24.3 Å². The maximum atomic E-state index is 12.1. The van der Waals surface area contributed by atoms with Crippen molar-refractivity contribution in [3.8, 4) is 5.75 Å². The molecule has 0 amide bonds. The highest BCUT2D eigenvalue weighted by molar-refractivity contribution is 6.21. The van der Waals surface area contributed by atoms with Gasteiger partial charge in [-0.1, -0.05) is 26.0 Å². The van der Waals surface area contributed by atoms with Crippen LogP contribution in [0.4, 0.5) is 0 Å². The summed E-state index contributed by atoms with van der Waals surface area (Å²) in [4.78, 5) is 22.9. The molecule has 0 radical (unpaired) electrons. The highest BCUT2D eigenvalue weighted by Crippen LogP contribution is 2.25. The van der Waals surface area contributed by atoms with E-state index in [2.05, 4.69) is 0 Å². The van der Waals surface area contributed by atoms with Crippen LogP contribution in [-0.4, -0.2) is 17.6 Å². The first-order valence-corrected chi connectivity index (χ1v) is 5.79. The molecule has 0 atom stereocenters. The maximum Gasteiger partial charge on any atom is 0.308 e. The molecule has 1 aromatic carbocycles. The summed E-state index contributed by atoms with van der Waals surface area (Å²) >= 11 is 5.76. The third kappa shape index (κ3) is 3.56. The third-order valence-corrected chi connectivity index (χ3v) is 2.97. The molecule has 1 rings (SSSR count). The van der Waals surface area contributed by atoms with Crippen molar-refractivity contribution in [2.45, 2.75) is 20.8 Å². The van der Waals surface area contributed by atoms with E-state index < -0.39 is 11.4 Å². The molecule has 1 aromatic rings. The van der Waals surface area contributed by atoms with Crippen LogP contribution in [0.5, 0.6) is 5.75 Å². The molecule has 0 aliphatic rings. The molecule has 0 unspecified atom stereocenters. The fraction of sp³-hybridized carbons (Fsp3) is 0.385. The molecule has 0 saturated carbocycles. The Morgan fingerprint density at radius 3 is 2.53 bits per heavy atom. The monoisotopic (exact) mass is 254 g/mol. The van der Waals surface area contributed by atoms with Crippen LogP contribution < -0.4 is 4.74 Å². The number of halogens is 1. The van der Waals surface area contributed by atoms with Crippen LogP contribution in [0.2, 0.25) is 0 Å². The normalized spacial score (nSPS) is 11.1. The second-order valence-electron chi connectivity index (χ2n) is 4.47. The van der Waals surface area contributed by atoms with Crippen LogP contribution in [0, 0.1) is 5.41 Å². The number of carbonyl (C=O) groups excluding carboxylic acids is 2. The predicted molar refractivity (Wildman–Crippen MR) is 66.6 cm³/mol. The smallest absolute Gasteiger partial charge is 0.308 e. The van der Waals surface area contributed by atoms with E-state index in [4.69, 9.17) is 16.3 Å². The lowest BCUT2D eigenvalue weighted by atomic mass is 9.86. The van der Waals surface area contributed by atoms with Crippen molar-refractivity contribution in [3.05, 3.63) is 29.8 Å². The Morgan fingerprint density at radius 2 is 2.00 bits per heavy atom. The zero-order valence-electron chi connectivity index (χ0n) is 10.1. The minimum absolute atomic E-state index is 0.0681. The minimum atomic E-state index is -0.629. The van der Waals surface area contributed by atoms with Crippen LogP contribution in [0.25, 0.3) is 0 Å². The molecule has 0 aliphatic carbocycles. The van der Waals surface area contributed by atoms with Gasteiger partial charge in [-0.25, -0.2) is 0 Å². The first-order chi connectivity index (χ1) is 7.86. The maximum absolute atomic E-state index is 12.1. The Kier molecular flexibility index (Phi) is 4.29. The van der Waals surface area contributed by atoms with Crippen LogP contribution in [0.3, 0.4) is 0 Å². The summed E-state index contributed by atoms with van der Waals surface area (Å²) in [5.41, 5.74) is -0.134. The Hall–Kier alpha value is -1.35. The molecule has 92 valence electrons. The van der Waals surface area contributed by atoms with E-state index in [1.54, 1.807) is 38.1 Å². The molecule has 0 aliphatic heterocycles. The van der Waals surface area contributed by atoms with Gasteiger partial charge in [0, 0.05) is 23.8 Å². The summed E-state index contributed by atoms with van der Waals surface area (Å²) in [6, 6.07) is 6.54. The van der Waals surface area contributed by atoms with Gasteiger partial charge in [0.1, 0.15) is 5.75 Å². The molecular weight excluding hydrogens is 240 g/mol. The van der Waals surface area contributed by atoms with Crippen LogP contribution >= 0.6 is 11.6 Å². The molecule has 17 heavy (non-hydrogen) atoms. The van der Waals surface area contributed by atoms with Crippen molar-refractivity contribution in [1.82, 2.24) is 0 Å². The number of Topliss-reactive ketones (excluding diaryl/α,β-unsaturated/α-hetero) is 1. The van der Waals surface area contributed by atoms with E-state index in [1.807, 2.05) is 0 Å². The van der Waals surface area contributed by atoms with E-state index >= 15 is 0 Å². The lowest BCUT2D eigenvalue weighted by molar-refractivity contribution is -0.131. The lowest BCUT2D eigenvalue weighted by Crippen LogP contribution is -2.26. The molecule has 0 heterocycles. The topological polar surface area (TPSA) is 43.4 Å². The summed E-state index contributed by atoms with van der Waals surface area (Å²) in [5.74, 6) is 0.130. The third-order valence-electron chi connectivity index (χ3n) is 2.31. The zero-order valence-corrected chi connectivity index (χ0v) is 10.9. The van der Waals surface area contributed by atoms with Gasteiger partial charge in [0.25, 0.3) is 0 Å². The van der Waals surface area contributed by atoms with Gasteiger partial charge >= 0.3 is 5.97 Å². The number of ether oxygens (including phenoxy) is 1. The number of alkyl halides is 1. The second-order valence-corrected chi connectivity index (χ2v) is 4.74. The number of carbonyl (C=O) groups is 2. The fourth-order valence-corrected chi connectivity index (χ4v) is 1.44. The minimum Gasteiger partial charge on any atom is -0.427 e.